The summed E-state index contributed by atoms with van der Waals surface area (Å²) in [5.74, 6) is 1.50. The molecule has 1 heterocycles. The van der Waals surface area contributed by atoms with Crippen LogP contribution in [0.3, 0.4) is 0 Å². The van der Waals surface area contributed by atoms with E-state index < -0.39 is 0 Å². The summed E-state index contributed by atoms with van der Waals surface area (Å²) in [7, 11) is 0. The Hall–Kier alpha value is -1.02. The lowest BCUT2D eigenvalue weighted by molar-refractivity contribution is -0.0782. The second kappa shape index (κ2) is 4.82. The van der Waals surface area contributed by atoms with Crippen LogP contribution >= 0.6 is 0 Å². The molecule has 0 radical (unpaired) electrons. The second-order valence-electron chi connectivity index (χ2n) is 6.28. The van der Waals surface area contributed by atoms with Gasteiger partial charge in [0, 0.05) is 12.0 Å². The first-order valence-electron chi connectivity index (χ1n) is 7.62. The fourth-order valence-corrected chi connectivity index (χ4v) is 3.98. The van der Waals surface area contributed by atoms with Gasteiger partial charge in [-0.15, -0.1) is 0 Å². The van der Waals surface area contributed by atoms with Crippen LogP contribution in [0, 0.1) is 12.8 Å². The van der Waals surface area contributed by atoms with E-state index in [4.69, 9.17) is 4.74 Å². The van der Waals surface area contributed by atoms with Crippen LogP contribution in [0.1, 0.15) is 62.7 Å². The summed E-state index contributed by atoms with van der Waals surface area (Å²) < 4.78 is 6.43. The van der Waals surface area contributed by atoms with Crippen LogP contribution in [-0.4, -0.2) is 10.7 Å². The molecule has 0 aromatic heterocycles. The molecule has 1 aliphatic heterocycles. The van der Waals surface area contributed by atoms with Crippen molar-refractivity contribution in [1.29, 1.82) is 0 Å². The predicted molar refractivity (Wildman–Crippen MR) is 76.4 cm³/mol. The monoisotopic (exact) mass is 260 g/mol. The number of ether oxygens (including phenoxy) is 1. The van der Waals surface area contributed by atoms with Crippen LogP contribution in [0.15, 0.2) is 18.2 Å². The summed E-state index contributed by atoms with van der Waals surface area (Å²) in [4.78, 5) is 0. The Morgan fingerprint density at radius 2 is 2.21 bits per heavy atom. The Labute approximate surface area is 115 Å². The second-order valence-corrected chi connectivity index (χ2v) is 6.28. The van der Waals surface area contributed by atoms with Gasteiger partial charge in [0.15, 0.2) is 0 Å². The molecule has 0 saturated heterocycles. The minimum absolute atomic E-state index is 0.116. The Morgan fingerprint density at radius 1 is 1.37 bits per heavy atom. The number of benzene rings is 1. The van der Waals surface area contributed by atoms with E-state index in [-0.39, 0.29) is 11.7 Å². The van der Waals surface area contributed by atoms with Crippen molar-refractivity contribution in [3.8, 4) is 5.75 Å². The molecule has 2 unspecified atom stereocenters. The average Bonchev–Trinajstić information content (AvgIpc) is 2.40. The maximum atomic E-state index is 10.5. The lowest BCUT2D eigenvalue weighted by atomic mass is 9.69. The van der Waals surface area contributed by atoms with Crippen molar-refractivity contribution in [2.45, 2.75) is 64.1 Å². The number of hydrogen-bond donors (Lipinski definition) is 1. The maximum absolute atomic E-state index is 10.5. The summed E-state index contributed by atoms with van der Waals surface area (Å²) >= 11 is 0. The van der Waals surface area contributed by atoms with Crippen molar-refractivity contribution >= 4 is 0 Å². The summed E-state index contributed by atoms with van der Waals surface area (Å²) in [5.41, 5.74) is 2.05. The zero-order chi connectivity index (χ0) is 13.5. The molecule has 3 rings (SSSR count). The highest BCUT2D eigenvalue weighted by atomic mass is 16.5. The van der Waals surface area contributed by atoms with Crippen LogP contribution in [0.5, 0.6) is 5.75 Å². The highest BCUT2D eigenvalue weighted by molar-refractivity contribution is 5.41. The van der Waals surface area contributed by atoms with Crippen molar-refractivity contribution in [3.05, 3.63) is 29.3 Å². The number of rotatable bonds is 1. The van der Waals surface area contributed by atoms with Gasteiger partial charge in [-0.3, -0.25) is 0 Å². The van der Waals surface area contributed by atoms with Gasteiger partial charge in [0.2, 0.25) is 0 Å². The van der Waals surface area contributed by atoms with Gasteiger partial charge in [-0.05, 0) is 50.7 Å². The molecule has 1 aliphatic carbocycles. The average molecular weight is 260 g/mol. The Balaban J connectivity index is 1.97. The highest BCUT2D eigenvalue weighted by Crippen LogP contribution is 2.49. The van der Waals surface area contributed by atoms with Gasteiger partial charge in [0.1, 0.15) is 11.4 Å². The number of aliphatic hydroxyl groups excluding tert-OH is 1. The van der Waals surface area contributed by atoms with E-state index in [2.05, 4.69) is 26.0 Å². The van der Waals surface area contributed by atoms with Gasteiger partial charge < -0.3 is 9.84 Å². The summed E-state index contributed by atoms with van der Waals surface area (Å²) in [6, 6.07) is 6.18. The molecule has 1 aromatic rings. The normalized spacial score (nSPS) is 33.8. The lowest BCUT2D eigenvalue weighted by Crippen LogP contribution is -2.49. The molecule has 3 atom stereocenters. The maximum Gasteiger partial charge on any atom is 0.125 e. The van der Waals surface area contributed by atoms with Crippen molar-refractivity contribution in [1.82, 2.24) is 0 Å². The van der Waals surface area contributed by atoms with Gasteiger partial charge >= 0.3 is 0 Å². The van der Waals surface area contributed by atoms with Crippen molar-refractivity contribution in [2.75, 3.05) is 0 Å². The van der Waals surface area contributed by atoms with E-state index >= 15 is 0 Å². The summed E-state index contributed by atoms with van der Waals surface area (Å²) in [6.07, 6.45) is 6.41. The van der Waals surface area contributed by atoms with Crippen LogP contribution in [0.4, 0.5) is 0 Å². The molecule has 0 amide bonds. The molecule has 1 N–H and O–H groups in total. The first-order chi connectivity index (χ1) is 9.14. The fraction of sp³-hybridized carbons (Fsp3) is 0.647. The minimum atomic E-state index is -0.365. The SMILES string of the molecule is CCC1CCCCC12C[C@@H](O)c1cc(C)ccc1O2. The summed E-state index contributed by atoms with van der Waals surface area (Å²) in [6.45, 7) is 4.31. The zero-order valence-electron chi connectivity index (χ0n) is 12.0. The summed E-state index contributed by atoms with van der Waals surface area (Å²) in [5, 5.41) is 10.5. The Bertz CT molecular complexity index is 468. The fourth-order valence-electron chi connectivity index (χ4n) is 3.98. The van der Waals surface area contributed by atoms with E-state index in [1.807, 2.05) is 6.07 Å². The first-order valence-corrected chi connectivity index (χ1v) is 7.62. The van der Waals surface area contributed by atoms with Gasteiger partial charge in [-0.2, -0.15) is 0 Å². The first kappa shape index (κ1) is 13.0. The van der Waals surface area contributed by atoms with Crippen molar-refractivity contribution in [2.24, 2.45) is 5.92 Å². The molecule has 0 bridgehead atoms. The molecule has 2 nitrogen and oxygen atoms in total. The molecular formula is C17H24O2. The number of aliphatic hydroxyl groups is 1. The van der Waals surface area contributed by atoms with Crippen molar-refractivity contribution < 1.29 is 9.84 Å². The molecule has 1 spiro atoms. The molecular weight excluding hydrogens is 236 g/mol. The van der Waals surface area contributed by atoms with Crippen LogP contribution in [-0.2, 0) is 0 Å². The third-order valence-electron chi connectivity index (χ3n) is 5.02. The van der Waals surface area contributed by atoms with Crippen LogP contribution < -0.4 is 4.74 Å². The number of aryl methyl sites for hydroxylation is 1. The van der Waals surface area contributed by atoms with Gasteiger partial charge in [-0.1, -0.05) is 25.0 Å². The van der Waals surface area contributed by atoms with E-state index in [1.165, 1.54) is 24.8 Å². The van der Waals surface area contributed by atoms with Crippen molar-refractivity contribution in [3.63, 3.8) is 0 Å². The molecule has 2 aliphatic rings. The zero-order valence-corrected chi connectivity index (χ0v) is 12.0. The third kappa shape index (κ3) is 2.16. The molecule has 2 heteroatoms. The van der Waals surface area contributed by atoms with Gasteiger partial charge in [-0.25, -0.2) is 0 Å². The third-order valence-corrected chi connectivity index (χ3v) is 5.02. The molecule has 1 fully saturated rings. The number of fused-ring (bicyclic) bond motifs is 1. The minimum Gasteiger partial charge on any atom is -0.486 e. The molecule has 104 valence electrons. The van der Waals surface area contributed by atoms with E-state index in [9.17, 15) is 5.11 Å². The van der Waals surface area contributed by atoms with E-state index in [0.717, 1.165) is 30.6 Å². The van der Waals surface area contributed by atoms with Crippen LogP contribution in [0.25, 0.3) is 0 Å². The topological polar surface area (TPSA) is 29.5 Å². The molecule has 1 saturated carbocycles. The van der Waals surface area contributed by atoms with Crippen LogP contribution in [0.2, 0.25) is 0 Å². The molecule has 1 aromatic carbocycles. The number of hydrogen-bond acceptors (Lipinski definition) is 2. The van der Waals surface area contributed by atoms with Gasteiger partial charge in [0.05, 0.1) is 6.10 Å². The smallest absolute Gasteiger partial charge is 0.125 e. The Morgan fingerprint density at radius 3 is 3.00 bits per heavy atom. The van der Waals surface area contributed by atoms with E-state index in [1.54, 1.807) is 0 Å². The quantitative estimate of drug-likeness (QED) is 0.822. The Kier molecular flexibility index (Phi) is 3.30. The predicted octanol–water partition coefficient (Wildman–Crippen LogP) is 4.15. The highest BCUT2D eigenvalue weighted by Gasteiger charge is 2.46. The lowest BCUT2D eigenvalue weighted by Gasteiger charge is -2.48. The van der Waals surface area contributed by atoms with Gasteiger partial charge in [0.25, 0.3) is 0 Å². The standard InChI is InChI=1S/C17H24O2/c1-3-13-6-4-5-9-17(13)11-15(18)14-10-12(2)7-8-16(14)19-17/h7-8,10,13,15,18H,3-6,9,11H2,1-2H3/t13?,15-,17?/m1/s1. The molecule has 19 heavy (non-hydrogen) atoms. The largest absolute Gasteiger partial charge is 0.486 e. The van der Waals surface area contributed by atoms with E-state index in [0.29, 0.717) is 5.92 Å².